The summed E-state index contributed by atoms with van der Waals surface area (Å²) >= 11 is 0.893. The molecule has 0 aliphatic heterocycles. The average molecular weight is 317 g/mol. The van der Waals surface area contributed by atoms with Crippen LogP contribution in [0.1, 0.15) is 15.9 Å². The van der Waals surface area contributed by atoms with E-state index >= 15 is 0 Å². The van der Waals surface area contributed by atoms with Crippen LogP contribution in [0, 0.1) is 12.7 Å². The minimum atomic E-state index is -0.634. The van der Waals surface area contributed by atoms with E-state index in [1.54, 1.807) is 6.07 Å². The number of halogens is 1. The van der Waals surface area contributed by atoms with Crippen molar-refractivity contribution >= 4 is 40.1 Å². The van der Waals surface area contributed by atoms with Gasteiger partial charge >= 0.3 is 5.97 Å². The molecule has 0 spiro atoms. The van der Waals surface area contributed by atoms with Crippen molar-refractivity contribution in [3.63, 3.8) is 0 Å². The molecule has 0 saturated carbocycles. The Kier molecular flexibility index (Phi) is 3.72. The summed E-state index contributed by atoms with van der Waals surface area (Å²) in [4.78, 5) is 12.0. The van der Waals surface area contributed by atoms with E-state index in [9.17, 15) is 9.18 Å². The molecule has 0 atom stereocenters. The molecule has 0 fully saturated rings. The Morgan fingerprint density at radius 2 is 2.09 bits per heavy atom. The molecule has 3 rings (SSSR count). The van der Waals surface area contributed by atoms with Crippen molar-refractivity contribution in [2.24, 2.45) is 0 Å². The summed E-state index contributed by atoms with van der Waals surface area (Å²) in [6.45, 7) is 1.89. The molecule has 0 aliphatic carbocycles. The third-order valence-electron chi connectivity index (χ3n) is 3.30. The van der Waals surface area contributed by atoms with Gasteiger partial charge in [-0.3, -0.25) is 0 Å². The Hall–Kier alpha value is -2.54. The normalized spacial score (nSPS) is 10.7. The summed E-state index contributed by atoms with van der Waals surface area (Å²) in [5.74, 6) is -1.25. The highest BCUT2D eigenvalue weighted by Gasteiger charge is 2.22. The van der Waals surface area contributed by atoms with Gasteiger partial charge in [-0.1, -0.05) is 18.2 Å². The maximum Gasteiger partial charge on any atom is 0.340 e. The maximum absolute atomic E-state index is 14.7. The monoisotopic (exact) mass is 317 g/mol. The van der Waals surface area contributed by atoms with Crippen LogP contribution in [0.2, 0.25) is 0 Å². The first-order valence-corrected chi connectivity index (χ1v) is 7.20. The van der Waals surface area contributed by atoms with Gasteiger partial charge in [0.25, 0.3) is 0 Å². The van der Waals surface area contributed by atoms with Crippen molar-refractivity contribution in [3.8, 4) is 0 Å². The molecular formula is C15H12FN3O2S. The number of anilines is 2. The fraction of sp³-hybridized carbons (Fsp3) is 0.133. The SMILES string of the molecule is COC(=O)c1cc2nsnc2c(F)c1Nc1ccccc1C. The van der Waals surface area contributed by atoms with Gasteiger partial charge in [0.05, 0.1) is 30.1 Å². The highest BCUT2D eigenvalue weighted by molar-refractivity contribution is 7.00. The van der Waals surface area contributed by atoms with Gasteiger partial charge in [0, 0.05) is 5.69 Å². The Morgan fingerprint density at radius 1 is 1.32 bits per heavy atom. The van der Waals surface area contributed by atoms with Gasteiger partial charge in [0.2, 0.25) is 0 Å². The lowest BCUT2D eigenvalue weighted by molar-refractivity contribution is 0.0601. The topological polar surface area (TPSA) is 64.1 Å². The van der Waals surface area contributed by atoms with Gasteiger partial charge in [-0.25, -0.2) is 9.18 Å². The molecule has 2 aromatic carbocycles. The molecule has 0 bridgehead atoms. The second-order valence-electron chi connectivity index (χ2n) is 4.68. The van der Waals surface area contributed by atoms with Crippen LogP contribution in [-0.4, -0.2) is 21.8 Å². The quantitative estimate of drug-likeness (QED) is 0.747. The van der Waals surface area contributed by atoms with Crippen molar-refractivity contribution in [3.05, 3.63) is 47.3 Å². The molecule has 0 saturated heterocycles. The Labute approximate surface area is 130 Å². The molecule has 1 aromatic heterocycles. The van der Waals surface area contributed by atoms with E-state index < -0.39 is 11.8 Å². The number of aromatic nitrogens is 2. The molecule has 3 aromatic rings. The van der Waals surface area contributed by atoms with Crippen molar-refractivity contribution in [2.45, 2.75) is 6.92 Å². The molecule has 22 heavy (non-hydrogen) atoms. The van der Waals surface area contributed by atoms with Crippen molar-refractivity contribution in [1.82, 2.24) is 8.75 Å². The number of carbonyl (C=O) groups excluding carboxylic acids is 1. The first kappa shape index (κ1) is 14.4. The third-order valence-corrected chi connectivity index (χ3v) is 3.84. The number of methoxy groups -OCH3 is 1. The summed E-state index contributed by atoms with van der Waals surface area (Å²) in [6, 6.07) is 8.88. The average Bonchev–Trinajstić information content (AvgIpc) is 2.99. The zero-order chi connectivity index (χ0) is 15.7. The van der Waals surface area contributed by atoms with Crippen LogP contribution in [0.15, 0.2) is 30.3 Å². The number of hydrogen-bond acceptors (Lipinski definition) is 6. The third kappa shape index (κ3) is 2.39. The molecule has 0 radical (unpaired) electrons. The van der Waals surface area contributed by atoms with Crippen molar-refractivity contribution < 1.29 is 13.9 Å². The van der Waals surface area contributed by atoms with Gasteiger partial charge in [-0.2, -0.15) is 8.75 Å². The first-order chi connectivity index (χ1) is 10.6. The summed E-state index contributed by atoms with van der Waals surface area (Å²) in [7, 11) is 1.25. The fourth-order valence-electron chi connectivity index (χ4n) is 2.13. The minimum absolute atomic E-state index is 0.0429. The summed E-state index contributed by atoms with van der Waals surface area (Å²) in [5.41, 5.74) is 2.22. The smallest absolute Gasteiger partial charge is 0.340 e. The van der Waals surface area contributed by atoms with E-state index in [1.165, 1.54) is 13.2 Å². The molecule has 0 unspecified atom stereocenters. The molecule has 112 valence electrons. The van der Waals surface area contributed by atoms with Crippen molar-refractivity contribution in [1.29, 1.82) is 0 Å². The van der Waals surface area contributed by atoms with E-state index in [1.807, 2.05) is 25.1 Å². The summed E-state index contributed by atoms with van der Waals surface area (Å²) < 4.78 is 27.4. The molecule has 0 amide bonds. The first-order valence-electron chi connectivity index (χ1n) is 6.47. The zero-order valence-electron chi connectivity index (χ0n) is 11.9. The number of hydrogen-bond donors (Lipinski definition) is 1. The summed E-state index contributed by atoms with van der Waals surface area (Å²) in [6.07, 6.45) is 0. The number of nitrogens with zero attached hydrogens (tertiary/aromatic N) is 2. The lowest BCUT2D eigenvalue weighted by Gasteiger charge is -2.13. The van der Waals surface area contributed by atoms with E-state index in [0.29, 0.717) is 11.2 Å². The van der Waals surface area contributed by atoms with E-state index in [4.69, 9.17) is 4.74 Å². The van der Waals surface area contributed by atoms with Gasteiger partial charge in [-0.05, 0) is 24.6 Å². The number of aryl methyl sites for hydroxylation is 1. The van der Waals surface area contributed by atoms with E-state index in [0.717, 1.165) is 17.3 Å². The predicted octanol–water partition coefficient (Wildman–Crippen LogP) is 3.67. The number of nitrogens with one attached hydrogen (secondary N) is 1. The number of para-hydroxylation sites is 1. The van der Waals surface area contributed by atoms with Crippen molar-refractivity contribution in [2.75, 3.05) is 12.4 Å². The van der Waals surface area contributed by atoms with Crippen LogP contribution in [0.25, 0.3) is 11.0 Å². The lowest BCUT2D eigenvalue weighted by atomic mass is 10.1. The summed E-state index contributed by atoms with van der Waals surface area (Å²) in [5, 5.41) is 2.97. The molecule has 5 nitrogen and oxygen atoms in total. The molecule has 0 aliphatic rings. The second-order valence-corrected chi connectivity index (χ2v) is 5.21. The second kappa shape index (κ2) is 5.69. The molecule has 7 heteroatoms. The highest BCUT2D eigenvalue weighted by atomic mass is 32.1. The lowest BCUT2D eigenvalue weighted by Crippen LogP contribution is -2.08. The van der Waals surface area contributed by atoms with Gasteiger partial charge in [0.15, 0.2) is 5.82 Å². The van der Waals surface area contributed by atoms with Gasteiger partial charge in [0.1, 0.15) is 11.0 Å². The number of rotatable bonds is 3. The van der Waals surface area contributed by atoms with Crippen LogP contribution in [-0.2, 0) is 4.74 Å². The number of ether oxygens (including phenoxy) is 1. The van der Waals surface area contributed by atoms with Crippen LogP contribution in [0.4, 0.5) is 15.8 Å². The maximum atomic E-state index is 14.7. The minimum Gasteiger partial charge on any atom is -0.465 e. The highest BCUT2D eigenvalue weighted by Crippen LogP contribution is 2.31. The largest absolute Gasteiger partial charge is 0.465 e. The standard InChI is InChI=1S/C15H12FN3O2S/c1-8-5-3-4-6-10(8)17-13-9(15(20)21-2)7-11-14(12(13)16)19-22-18-11/h3-7,17H,1-2H3. The van der Waals surface area contributed by atoms with E-state index in [-0.39, 0.29) is 16.8 Å². The van der Waals surface area contributed by atoms with Crippen LogP contribution >= 0.6 is 11.7 Å². The van der Waals surface area contributed by atoms with Crippen LogP contribution in [0.5, 0.6) is 0 Å². The molecule has 1 N–H and O–H groups in total. The molecule has 1 heterocycles. The number of carbonyl (C=O) groups is 1. The molecular weight excluding hydrogens is 305 g/mol. The van der Waals surface area contributed by atoms with Gasteiger partial charge < -0.3 is 10.1 Å². The fourth-order valence-corrected chi connectivity index (χ4v) is 2.65. The Morgan fingerprint density at radius 3 is 2.82 bits per heavy atom. The number of fused-ring (bicyclic) bond motifs is 1. The van der Waals surface area contributed by atoms with E-state index in [2.05, 4.69) is 14.1 Å². The predicted molar refractivity (Wildman–Crippen MR) is 83.2 cm³/mol. The Balaban J connectivity index is 2.19. The van der Waals surface area contributed by atoms with Crippen LogP contribution < -0.4 is 5.32 Å². The van der Waals surface area contributed by atoms with Gasteiger partial charge in [-0.15, -0.1) is 0 Å². The number of esters is 1. The Bertz CT molecular complexity index is 863. The van der Waals surface area contributed by atoms with Crippen LogP contribution in [0.3, 0.4) is 0 Å². The zero-order valence-corrected chi connectivity index (χ0v) is 12.7. The number of benzene rings is 2.